The van der Waals surface area contributed by atoms with Crippen LogP contribution < -0.4 is 5.56 Å². The van der Waals surface area contributed by atoms with Gasteiger partial charge in [-0.3, -0.25) is 9.36 Å². The fourth-order valence-electron chi connectivity index (χ4n) is 2.83. The topological polar surface area (TPSA) is 47.0 Å². The number of rotatable bonds is 5. The molecule has 20 heavy (non-hydrogen) atoms. The molecule has 0 amide bonds. The van der Waals surface area contributed by atoms with Gasteiger partial charge in [0.25, 0.3) is 5.56 Å². The number of hydrogen-bond acceptors (Lipinski definition) is 4. The molecule has 108 valence electrons. The molecule has 1 N–H and O–H groups in total. The average molecular weight is 310 g/mol. The first-order chi connectivity index (χ1) is 9.72. The number of aryl methyl sites for hydroxylation is 2. The monoisotopic (exact) mass is 310 g/mol. The molecular formula is C14H18N2O2S2. The van der Waals surface area contributed by atoms with Crippen LogP contribution in [0.25, 0.3) is 10.2 Å². The first kappa shape index (κ1) is 14.0. The van der Waals surface area contributed by atoms with Gasteiger partial charge >= 0.3 is 0 Å². The van der Waals surface area contributed by atoms with Crippen molar-refractivity contribution in [2.24, 2.45) is 0 Å². The number of aromatic nitrogens is 2. The Bertz CT molecular complexity index is 742. The number of H-pyrrole nitrogens is 1. The van der Waals surface area contributed by atoms with Crippen LogP contribution in [0, 0.1) is 4.77 Å². The van der Waals surface area contributed by atoms with E-state index < -0.39 is 0 Å². The van der Waals surface area contributed by atoms with E-state index in [2.05, 4.69) is 4.98 Å². The molecule has 6 heteroatoms. The van der Waals surface area contributed by atoms with Gasteiger partial charge in [-0.2, -0.15) is 0 Å². The zero-order valence-electron chi connectivity index (χ0n) is 11.5. The Labute approximate surface area is 126 Å². The van der Waals surface area contributed by atoms with Gasteiger partial charge in [0.1, 0.15) is 4.83 Å². The lowest BCUT2D eigenvalue weighted by atomic mass is 10.2. The Balaban J connectivity index is 2.00. The summed E-state index contributed by atoms with van der Waals surface area (Å²) in [4.78, 5) is 18.2. The molecule has 0 atom stereocenters. The molecule has 0 radical (unpaired) electrons. The van der Waals surface area contributed by atoms with Crippen LogP contribution in [0.4, 0.5) is 0 Å². The fraction of sp³-hybridized carbons (Fsp3) is 0.571. The summed E-state index contributed by atoms with van der Waals surface area (Å²) in [6.45, 7) is 1.39. The maximum absolute atomic E-state index is 12.7. The number of hydrogen-bond donors (Lipinski definition) is 1. The summed E-state index contributed by atoms with van der Waals surface area (Å²) >= 11 is 7.03. The highest BCUT2D eigenvalue weighted by molar-refractivity contribution is 7.71. The van der Waals surface area contributed by atoms with E-state index in [1.165, 1.54) is 16.9 Å². The van der Waals surface area contributed by atoms with Gasteiger partial charge in [0.2, 0.25) is 0 Å². The number of fused-ring (bicyclic) bond motifs is 3. The SMILES string of the molecule is COCCCCn1c(=S)[nH]c2sc3c(c2c1=O)CCC3. The van der Waals surface area contributed by atoms with Crippen LogP contribution >= 0.6 is 23.6 Å². The van der Waals surface area contributed by atoms with Gasteiger partial charge in [0.15, 0.2) is 4.77 Å². The third-order valence-corrected chi connectivity index (χ3v) is 5.36. The molecule has 0 spiro atoms. The van der Waals surface area contributed by atoms with Gasteiger partial charge in [-0.15, -0.1) is 11.3 Å². The molecule has 0 bridgehead atoms. The minimum atomic E-state index is 0.0839. The van der Waals surface area contributed by atoms with Crippen LogP contribution in [0.1, 0.15) is 29.7 Å². The molecule has 3 rings (SSSR count). The summed E-state index contributed by atoms with van der Waals surface area (Å²) in [5, 5.41) is 0.878. The minimum Gasteiger partial charge on any atom is -0.385 e. The van der Waals surface area contributed by atoms with Gasteiger partial charge in [-0.1, -0.05) is 0 Å². The second kappa shape index (κ2) is 5.79. The first-order valence-corrected chi connectivity index (χ1v) is 8.21. The third kappa shape index (κ3) is 2.36. The molecule has 0 fully saturated rings. The molecule has 0 saturated carbocycles. The first-order valence-electron chi connectivity index (χ1n) is 6.98. The minimum absolute atomic E-state index is 0.0839. The highest BCUT2D eigenvalue weighted by Crippen LogP contribution is 2.34. The molecule has 0 aromatic carbocycles. The Morgan fingerprint density at radius 2 is 2.25 bits per heavy atom. The molecule has 2 aromatic heterocycles. The standard InChI is InChI=1S/C14H18N2O2S2/c1-18-8-3-2-7-16-13(17)11-9-5-4-6-10(9)20-12(11)15-14(16)19/h2-8H2,1H3,(H,15,19). The number of nitrogens with zero attached hydrogens (tertiary/aromatic N) is 1. The lowest BCUT2D eigenvalue weighted by Crippen LogP contribution is -2.22. The molecule has 4 nitrogen and oxygen atoms in total. The Kier molecular flexibility index (Phi) is 4.05. The van der Waals surface area contributed by atoms with Crippen LogP contribution in [0.15, 0.2) is 4.79 Å². The van der Waals surface area contributed by atoms with Gasteiger partial charge in [-0.05, 0) is 49.9 Å². The molecular weight excluding hydrogens is 292 g/mol. The quantitative estimate of drug-likeness (QED) is 0.682. The number of nitrogens with one attached hydrogen (secondary N) is 1. The molecule has 0 aliphatic heterocycles. The van der Waals surface area contributed by atoms with Crippen molar-refractivity contribution in [3.8, 4) is 0 Å². The fourth-order valence-corrected chi connectivity index (χ4v) is 4.45. The molecule has 1 aliphatic rings. The van der Waals surface area contributed by atoms with Gasteiger partial charge in [-0.25, -0.2) is 0 Å². The smallest absolute Gasteiger partial charge is 0.263 e. The second-order valence-electron chi connectivity index (χ2n) is 5.15. The van der Waals surface area contributed by atoms with Crippen LogP contribution in [0.3, 0.4) is 0 Å². The summed E-state index contributed by atoms with van der Waals surface area (Å²) in [5.41, 5.74) is 1.34. The van der Waals surface area contributed by atoms with E-state index >= 15 is 0 Å². The zero-order chi connectivity index (χ0) is 14.1. The normalized spacial score (nSPS) is 14.1. The van der Waals surface area contributed by atoms with E-state index in [1.807, 2.05) is 0 Å². The second-order valence-corrected chi connectivity index (χ2v) is 6.64. The Morgan fingerprint density at radius 3 is 3.05 bits per heavy atom. The van der Waals surface area contributed by atoms with Crippen molar-refractivity contribution in [1.29, 1.82) is 0 Å². The van der Waals surface area contributed by atoms with Crippen LogP contribution in [-0.2, 0) is 24.1 Å². The average Bonchev–Trinajstić information content (AvgIpc) is 2.97. The van der Waals surface area contributed by atoms with Crippen LogP contribution in [0.2, 0.25) is 0 Å². The summed E-state index contributed by atoms with van der Waals surface area (Å²) in [6, 6.07) is 0. The zero-order valence-corrected chi connectivity index (χ0v) is 13.2. The Hall–Kier alpha value is -0.980. The van der Waals surface area contributed by atoms with Crippen molar-refractivity contribution in [1.82, 2.24) is 9.55 Å². The number of aromatic amines is 1. The maximum atomic E-state index is 12.7. The van der Waals surface area contributed by atoms with Crippen LogP contribution in [0.5, 0.6) is 0 Å². The summed E-state index contributed by atoms with van der Waals surface area (Å²) in [7, 11) is 1.69. The highest BCUT2D eigenvalue weighted by Gasteiger charge is 2.21. The summed E-state index contributed by atoms with van der Waals surface area (Å²) < 4.78 is 7.29. The van der Waals surface area contributed by atoms with E-state index in [-0.39, 0.29) is 5.56 Å². The molecule has 0 unspecified atom stereocenters. The Morgan fingerprint density at radius 1 is 1.40 bits per heavy atom. The third-order valence-electron chi connectivity index (χ3n) is 3.83. The van der Waals surface area contributed by atoms with Crippen molar-refractivity contribution < 1.29 is 4.74 Å². The predicted octanol–water partition coefficient (Wildman–Crippen LogP) is 3.04. The van der Waals surface area contributed by atoms with E-state index in [4.69, 9.17) is 17.0 Å². The van der Waals surface area contributed by atoms with Crippen LogP contribution in [-0.4, -0.2) is 23.3 Å². The van der Waals surface area contributed by atoms with Gasteiger partial charge in [0, 0.05) is 25.1 Å². The summed E-state index contributed by atoms with van der Waals surface area (Å²) in [5.74, 6) is 0. The molecule has 2 aromatic rings. The van der Waals surface area contributed by atoms with Gasteiger partial charge < -0.3 is 9.72 Å². The number of unbranched alkanes of at least 4 members (excludes halogenated alkanes) is 1. The van der Waals surface area contributed by atoms with Gasteiger partial charge in [0.05, 0.1) is 5.39 Å². The molecule has 1 aliphatic carbocycles. The largest absolute Gasteiger partial charge is 0.385 e. The number of methoxy groups -OCH3 is 1. The van der Waals surface area contributed by atoms with Crippen molar-refractivity contribution >= 4 is 33.8 Å². The number of thiophene rings is 1. The van der Waals surface area contributed by atoms with E-state index in [0.717, 1.165) is 42.5 Å². The highest BCUT2D eigenvalue weighted by atomic mass is 32.1. The lowest BCUT2D eigenvalue weighted by Gasteiger charge is -2.06. The van der Waals surface area contributed by atoms with Crippen molar-refractivity contribution in [2.45, 2.75) is 38.6 Å². The maximum Gasteiger partial charge on any atom is 0.263 e. The van der Waals surface area contributed by atoms with Crippen molar-refractivity contribution in [3.05, 3.63) is 25.6 Å². The predicted molar refractivity (Wildman–Crippen MR) is 84.4 cm³/mol. The van der Waals surface area contributed by atoms with Crippen molar-refractivity contribution in [3.63, 3.8) is 0 Å². The summed E-state index contributed by atoms with van der Waals surface area (Å²) in [6.07, 6.45) is 5.14. The molecule has 2 heterocycles. The number of ether oxygens (including phenoxy) is 1. The van der Waals surface area contributed by atoms with E-state index in [1.54, 1.807) is 23.0 Å². The molecule has 0 saturated heterocycles. The van der Waals surface area contributed by atoms with Crippen molar-refractivity contribution in [2.75, 3.05) is 13.7 Å². The van der Waals surface area contributed by atoms with E-state index in [0.29, 0.717) is 11.3 Å². The van der Waals surface area contributed by atoms with E-state index in [9.17, 15) is 4.79 Å². The lowest BCUT2D eigenvalue weighted by molar-refractivity contribution is 0.191.